The van der Waals surface area contributed by atoms with E-state index >= 15 is 0 Å². The number of ether oxygens (including phenoxy) is 2. The van der Waals surface area contributed by atoms with Crippen molar-refractivity contribution >= 4 is 45.9 Å². The Labute approximate surface area is 207 Å². The van der Waals surface area contributed by atoms with Gasteiger partial charge in [-0.2, -0.15) is 0 Å². The monoisotopic (exact) mass is 487 g/mol. The van der Waals surface area contributed by atoms with Gasteiger partial charge in [-0.3, -0.25) is 9.59 Å². The predicted molar refractivity (Wildman–Crippen MR) is 140 cm³/mol. The lowest BCUT2D eigenvalue weighted by atomic mass is 10.1. The van der Waals surface area contributed by atoms with Crippen LogP contribution in [0.1, 0.15) is 15.9 Å². The summed E-state index contributed by atoms with van der Waals surface area (Å²) in [5.41, 5.74) is 3.39. The van der Waals surface area contributed by atoms with Gasteiger partial charge in [0, 0.05) is 23.1 Å². The van der Waals surface area contributed by atoms with Crippen molar-refractivity contribution in [2.75, 3.05) is 30.6 Å². The van der Waals surface area contributed by atoms with Crippen LogP contribution >= 0.6 is 11.8 Å². The molecule has 0 aliphatic heterocycles. The maximum atomic E-state index is 12.7. The Balaban J connectivity index is 1.47. The zero-order chi connectivity index (χ0) is 24.8. The number of nitrogens with zero attached hydrogens (tertiary/aromatic N) is 1. The van der Waals surface area contributed by atoms with Crippen LogP contribution in [0.15, 0.2) is 77.8 Å². The fourth-order valence-electron chi connectivity index (χ4n) is 3.60. The number of carbonyl (C=O) groups is 2. The van der Waals surface area contributed by atoms with Gasteiger partial charge in [-0.1, -0.05) is 48.2 Å². The minimum atomic E-state index is -0.280. The summed E-state index contributed by atoms with van der Waals surface area (Å²) in [6.45, 7) is 2.03. The topological polar surface area (TPSA) is 89.5 Å². The summed E-state index contributed by atoms with van der Waals surface area (Å²) in [5.74, 6) is 0.460. The van der Waals surface area contributed by atoms with Crippen molar-refractivity contribution < 1.29 is 19.1 Å². The van der Waals surface area contributed by atoms with E-state index in [0.717, 1.165) is 21.5 Å². The molecule has 4 aromatic rings. The van der Waals surface area contributed by atoms with Crippen molar-refractivity contribution in [1.82, 2.24) is 4.98 Å². The van der Waals surface area contributed by atoms with Gasteiger partial charge in [-0.25, -0.2) is 4.98 Å². The first-order chi connectivity index (χ1) is 17.0. The summed E-state index contributed by atoms with van der Waals surface area (Å²) in [6.07, 6.45) is 0. The number of methoxy groups -OCH3 is 2. The quantitative estimate of drug-likeness (QED) is 0.317. The first-order valence-electron chi connectivity index (χ1n) is 10.9. The molecule has 4 rings (SSSR count). The Morgan fingerprint density at radius 1 is 0.857 bits per heavy atom. The molecule has 0 bridgehead atoms. The SMILES string of the molecule is COc1cc(NC(=O)c2ccccc2)c(OC)cc1NC(=O)CSc1cc(C)c2ccccc2n1. The van der Waals surface area contributed by atoms with Gasteiger partial charge in [-0.05, 0) is 36.8 Å². The molecule has 2 N–H and O–H groups in total. The van der Waals surface area contributed by atoms with Crippen LogP contribution in [0.2, 0.25) is 0 Å². The van der Waals surface area contributed by atoms with Crippen LogP contribution in [0.4, 0.5) is 11.4 Å². The second kappa shape index (κ2) is 10.9. The van der Waals surface area contributed by atoms with Gasteiger partial charge in [0.2, 0.25) is 5.91 Å². The van der Waals surface area contributed by atoms with Gasteiger partial charge in [-0.15, -0.1) is 0 Å². The lowest BCUT2D eigenvalue weighted by Gasteiger charge is -2.16. The van der Waals surface area contributed by atoms with Crippen LogP contribution in [-0.4, -0.2) is 36.8 Å². The summed E-state index contributed by atoms with van der Waals surface area (Å²) in [7, 11) is 2.99. The molecule has 0 unspecified atom stereocenters. The molecule has 35 heavy (non-hydrogen) atoms. The highest BCUT2D eigenvalue weighted by Crippen LogP contribution is 2.37. The molecule has 7 nitrogen and oxygen atoms in total. The number of hydrogen-bond donors (Lipinski definition) is 2. The molecule has 0 aliphatic carbocycles. The number of fused-ring (bicyclic) bond motifs is 1. The number of aromatic nitrogens is 1. The number of aryl methyl sites for hydroxylation is 1. The zero-order valence-electron chi connectivity index (χ0n) is 19.6. The molecule has 0 spiro atoms. The molecule has 1 heterocycles. The highest BCUT2D eigenvalue weighted by atomic mass is 32.2. The van der Waals surface area contributed by atoms with E-state index in [1.165, 1.54) is 26.0 Å². The Bertz CT molecular complexity index is 1380. The molecule has 8 heteroatoms. The van der Waals surface area contributed by atoms with Crippen LogP contribution in [0, 0.1) is 6.92 Å². The molecule has 0 atom stereocenters. The molecule has 2 amide bonds. The van der Waals surface area contributed by atoms with E-state index in [0.29, 0.717) is 28.4 Å². The molecular weight excluding hydrogens is 462 g/mol. The molecule has 0 radical (unpaired) electrons. The molecule has 0 saturated heterocycles. The summed E-state index contributed by atoms with van der Waals surface area (Å²) >= 11 is 1.36. The Hall–Kier alpha value is -4.04. The fraction of sp³-hybridized carbons (Fsp3) is 0.148. The average Bonchev–Trinajstić information content (AvgIpc) is 2.88. The number of carbonyl (C=O) groups excluding carboxylic acids is 2. The minimum absolute atomic E-state index is 0.169. The number of benzene rings is 3. The van der Waals surface area contributed by atoms with Gasteiger partial charge in [0.25, 0.3) is 5.91 Å². The molecule has 0 fully saturated rings. The van der Waals surface area contributed by atoms with Crippen molar-refractivity contribution in [2.45, 2.75) is 11.9 Å². The molecule has 0 saturated carbocycles. The molecule has 3 aromatic carbocycles. The normalized spacial score (nSPS) is 10.6. The fourth-order valence-corrected chi connectivity index (χ4v) is 4.37. The minimum Gasteiger partial charge on any atom is -0.494 e. The van der Waals surface area contributed by atoms with Crippen molar-refractivity contribution in [1.29, 1.82) is 0 Å². The number of anilines is 2. The lowest BCUT2D eigenvalue weighted by molar-refractivity contribution is -0.113. The van der Waals surface area contributed by atoms with Crippen LogP contribution in [0.25, 0.3) is 10.9 Å². The van der Waals surface area contributed by atoms with E-state index in [2.05, 4.69) is 15.6 Å². The van der Waals surface area contributed by atoms with E-state index in [-0.39, 0.29) is 17.6 Å². The van der Waals surface area contributed by atoms with Gasteiger partial charge >= 0.3 is 0 Å². The van der Waals surface area contributed by atoms with Gasteiger partial charge in [0.05, 0.1) is 41.9 Å². The molecule has 1 aromatic heterocycles. The van der Waals surface area contributed by atoms with Gasteiger partial charge in [0.1, 0.15) is 11.5 Å². The number of rotatable bonds is 8. The summed E-state index contributed by atoms with van der Waals surface area (Å²) in [6, 6.07) is 22.0. The third-order valence-corrected chi connectivity index (χ3v) is 6.24. The van der Waals surface area contributed by atoms with Crippen LogP contribution < -0.4 is 20.1 Å². The lowest BCUT2D eigenvalue weighted by Crippen LogP contribution is -2.16. The van der Waals surface area contributed by atoms with E-state index < -0.39 is 0 Å². The Morgan fingerprint density at radius 2 is 1.49 bits per heavy atom. The summed E-state index contributed by atoms with van der Waals surface area (Å²) in [5, 5.41) is 7.57. The molecular formula is C27H25N3O4S. The van der Waals surface area contributed by atoms with Crippen LogP contribution in [0.3, 0.4) is 0 Å². The van der Waals surface area contributed by atoms with Crippen molar-refractivity contribution in [3.8, 4) is 11.5 Å². The number of para-hydroxylation sites is 1. The molecule has 0 aliphatic rings. The number of pyridine rings is 1. The highest BCUT2D eigenvalue weighted by molar-refractivity contribution is 7.99. The third kappa shape index (κ3) is 5.73. The zero-order valence-corrected chi connectivity index (χ0v) is 20.4. The first kappa shape index (κ1) is 24.1. The number of amides is 2. The van der Waals surface area contributed by atoms with E-state index in [1.807, 2.05) is 43.3 Å². The summed E-state index contributed by atoms with van der Waals surface area (Å²) in [4.78, 5) is 29.9. The largest absolute Gasteiger partial charge is 0.494 e. The van der Waals surface area contributed by atoms with Gasteiger partial charge in [0.15, 0.2) is 0 Å². The standard InChI is InChI=1S/C27H25N3O4S/c1-17-13-26(29-20-12-8-7-11-19(17)20)35-16-25(31)28-21-14-24(34-3)22(15-23(21)33-2)30-27(32)18-9-5-4-6-10-18/h4-15H,16H2,1-3H3,(H,28,31)(H,30,32). The molecule has 178 valence electrons. The number of thioether (sulfide) groups is 1. The van der Waals surface area contributed by atoms with Gasteiger partial charge < -0.3 is 20.1 Å². The van der Waals surface area contributed by atoms with Crippen LogP contribution in [0.5, 0.6) is 11.5 Å². The summed E-state index contributed by atoms with van der Waals surface area (Å²) < 4.78 is 10.9. The maximum absolute atomic E-state index is 12.7. The number of hydrogen-bond acceptors (Lipinski definition) is 6. The smallest absolute Gasteiger partial charge is 0.255 e. The third-order valence-electron chi connectivity index (χ3n) is 5.33. The highest BCUT2D eigenvalue weighted by Gasteiger charge is 2.16. The Morgan fingerprint density at radius 3 is 2.17 bits per heavy atom. The maximum Gasteiger partial charge on any atom is 0.255 e. The van der Waals surface area contributed by atoms with Crippen LogP contribution in [-0.2, 0) is 4.79 Å². The van der Waals surface area contributed by atoms with Crippen molar-refractivity contribution in [3.05, 3.63) is 83.9 Å². The van der Waals surface area contributed by atoms with Crippen molar-refractivity contribution in [3.63, 3.8) is 0 Å². The Kier molecular flexibility index (Phi) is 7.52. The predicted octanol–water partition coefficient (Wildman–Crippen LogP) is 5.54. The van der Waals surface area contributed by atoms with E-state index in [4.69, 9.17) is 9.47 Å². The van der Waals surface area contributed by atoms with Crippen molar-refractivity contribution in [2.24, 2.45) is 0 Å². The second-order valence-corrected chi connectivity index (χ2v) is 8.70. The first-order valence-corrected chi connectivity index (χ1v) is 11.9. The van der Waals surface area contributed by atoms with E-state index in [9.17, 15) is 9.59 Å². The van der Waals surface area contributed by atoms with E-state index in [1.54, 1.807) is 36.4 Å². The average molecular weight is 488 g/mol. The second-order valence-electron chi connectivity index (χ2n) is 7.70. The number of nitrogens with one attached hydrogen (secondary N) is 2.